The van der Waals surface area contributed by atoms with Gasteiger partial charge in [0.2, 0.25) is 0 Å². The molecule has 1 heteroatoms. The largest absolute Gasteiger partial charge is 0.313 e. The molecule has 1 nitrogen and oxygen atoms in total. The maximum absolute atomic E-state index is 3.39. The van der Waals surface area contributed by atoms with Crippen molar-refractivity contribution in [3.05, 3.63) is 34.9 Å². The van der Waals surface area contributed by atoms with Crippen molar-refractivity contribution in [3.63, 3.8) is 0 Å². The zero-order valence-corrected chi connectivity index (χ0v) is 8.43. The zero-order chi connectivity index (χ0) is 9.26. The van der Waals surface area contributed by atoms with E-state index in [1.54, 1.807) is 5.56 Å². The quantitative estimate of drug-likeness (QED) is 0.691. The lowest BCUT2D eigenvalue weighted by Crippen LogP contribution is -2.21. The standard InChI is InChI=1S/C12H17N/c1-9-5-3-7-11-10(9)6-4-8-12(11)13-2/h3,5,7,12-13H,4,6,8H2,1-2H3. The average molecular weight is 175 g/mol. The molecule has 0 saturated carbocycles. The molecule has 0 aliphatic heterocycles. The minimum absolute atomic E-state index is 0.587. The minimum Gasteiger partial charge on any atom is -0.313 e. The van der Waals surface area contributed by atoms with E-state index < -0.39 is 0 Å². The average Bonchev–Trinajstić information content (AvgIpc) is 2.18. The number of benzene rings is 1. The Morgan fingerprint density at radius 1 is 1.38 bits per heavy atom. The molecule has 13 heavy (non-hydrogen) atoms. The monoisotopic (exact) mass is 175 g/mol. The van der Waals surface area contributed by atoms with Crippen LogP contribution in [0, 0.1) is 6.92 Å². The van der Waals surface area contributed by atoms with Crippen LogP contribution in [0.3, 0.4) is 0 Å². The molecule has 0 radical (unpaired) electrons. The molecule has 0 amide bonds. The first-order chi connectivity index (χ1) is 6.33. The fourth-order valence-electron chi connectivity index (χ4n) is 2.33. The fourth-order valence-corrected chi connectivity index (χ4v) is 2.33. The molecule has 1 aromatic carbocycles. The third kappa shape index (κ3) is 1.49. The Balaban J connectivity index is 2.45. The molecule has 1 atom stereocenters. The predicted octanol–water partition coefficient (Wildman–Crippen LogP) is 2.59. The maximum Gasteiger partial charge on any atom is 0.0320 e. The highest BCUT2D eigenvalue weighted by Gasteiger charge is 2.18. The summed E-state index contributed by atoms with van der Waals surface area (Å²) in [6.45, 7) is 2.22. The van der Waals surface area contributed by atoms with E-state index in [9.17, 15) is 0 Å². The molecular formula is C12H17N. The van der Waals surface area contributed by atoms with Gasteiger partial charge < -0.3 is 5.32 Å². The number of aryl methyl sites for hydroxylation is 1. The van der Waals surface area contributed by atoms with E-state index in [4.69, 9.17) is 0 Å². The highest BCUT2D eigenvalue weighted by atomic mass is 14.9. The van der Waals surface area contributed by atoms with E-state index in [-0.39, 0.29) is 0 Å². The molecule has 0 saturated heterocycles. The molecule has 1 aliphatic rings. The summed E-state index contributed by atoms with van der Waals surface area (Å²) in [5, 5.41) is 3.39. The van der Waals surface area contributed by atoms with E-state index in [1.807, 2.05) is 0 Å². The van der Waals surface area contributed by atoms with Gasteiger partial charge >= 0.3 is 0 Å². The summed E-state index contributed by atoms with van der Waals surface area (Å²) in [6, 6.07) is 7.24. The van der Waals surface area contributed by atoms with Gasteiger partial charge in [0.05, 0.1) is 0 Å². The predicted molar refractivity (Wildman–Crippen MR) is 55.9 cm³/mol. The number of fused-ring (bicyclic) bond motifs is 1. The lowest BCUT2D eigenvalue weighted by Gasteiger charge is -2.26. The summed E-state index contributed by atoms with van der Waals surface area (Å²) < 4.78 is 0. The van der Waals surface area contributed by atoms with Gasteiger partial charge in [0.1, 0.15) is 0 Å². The van der Waals surface area contributed by atoms with Gasteiger partial charge in [-0.2, -0.15) is 0 Å². The van der Waals surface area contributed by atoms with Crippen molar-refractivity contribution >= 4 is 0 Å². The van der Waals surface area contributed by atoms with E-state index >= 15 is 0 Å². The molecular weight excluding hydrogens is 158 g/mol. The third-order valence-electron chi connectivity index (χ3n) is 3.09. The SMILES string of the molecule is CNC1CCCc2c(C)cccc21. The highest BCUT2D eigenvalue weighted by Crippen LogP contribution is 2.30. The van der Waals surface area contributed by atoms with Crippen LogP contribution >= 0.6 is 0 Å². The zero-order valence-electron chi connectivity index (χ0n) is 8.43. The number of hydrogen-bond acceptors (Lipinski definition) is 1. The maximum atomic E-state index is 3.39. The van der Waals surface area contributed by atoms with Crippen LogP contribution in [0.15, 0.2) is 18.2 Å². The lowest BCUT2D eigenvalue weighted by atomic mass is 9.85. The van der Waals surface area contributed by atoms with Crippen LogP contribution in [-0.4, -0.2) is 7.05 Å². The van der Waals surface area contributed by atoms with Crippen molar-refractivity contribution in [2.45, 2.75) is 32.2 Å². The topological polar surface area (TPSA) is 12.0 Å². The van der Waals surface area contributed by atoms with Crippen LogP contribution < -0.4 is 5.32 Å². The molecule has 0 spiro atoms. The molecule has 1 N–H and O–H groups in total. The second-order valence-electron chi connectivity index (χ2n) is 3.88. The molecule has 0 heterocycles. The van der Waals surface area contributed by atoms with Crippen LogP contribution in [0.2, 0.25) is 0 Å². The second kappa shape index (κ2) is 3.51. The first-order valence-electron chi connectivity index (χ1n) is 5.08. The van der Waals surface area contributed by atoms with Gasteiger partial charge in [-0.3, -0.25) is 0 Å². The number of hydrogen-bond donors (Lipinski definition) is 1. The summed E-state index contributed by atoms with van der Waals surface area (Å²) in [5.74, 6) is 0. The van der Waals surface area contributed by atoms with Crippen LogP contribution in [0.1, 0.15) is 35.6 Å². The van der Waals surface area contributed by atoms with E-state index in [0.717, 1.165) is 0 Å². The van der Waals surface area contributed by atoms with Crippen molar-refractivity contribution in [3.8, 4) is 0 Å². The molecule has 2 rings (SSSR count). The fraction of sp³-hybridized carbons (Fsp3) is 0.500. The summed E-state index contributed by atoms with van der Waals surface area (Å²) >= 11 is 0. The smallest absolute Gasteiger partial charge is 0.0320 e. The molecule has 0 bridgehead atoms. The normalized spacial score (nSPS) is 21.2. The number of rotatable bonds is 1. The van der Waals surface area contributed by atoms with Gasteiger partial charge in [0.25, 0.3) is 0 Å². The van der Waals surface area contributed by atoms with Gasteiger partial charge in [-0.15, -0.1) is 0 Å². The Labute approximate surface area is 80.2 Å². The molecule has 0 aromatic heterocycles. The summed E-state index contributed by atoms with van der Waals surface area (Å²) in [5.41, 5.74) is 4.55. The minimum atomic E-state index is 0.587. The van der Waals surface area contributed by atoms with Crippen molar-refractivity contribution in [2.75, 3.05) is 7.05 Å². The van der Waals surface area contributed by atoms with Gasteiger partial charge in [0, 0.05) is 6.04 Å². The molecule has 1 unspecified atom stereocenters. The molecule has 1 aromatic rings. The Morgan fingerprint density at radius 3 is 3.00 bits per heavy atom. The Morgan fingerprint density at radius 2 is 2.23 bits per heavy atom. The van der Waals surface area contributed by atoms with Gasteiger partial charge in [-0.1, -0.05) is 18.2 Å². The summed E-state index contributed by atoms with van der Waals surface area (Å²) in [7, 11) is 2.06. The third-order valence-corrected chi connectivity index (χ3v) is 3.09. The summed E-state index contributed by atoms with van der Waals surface area (Å²) in [6.07, 6.45) is 3.87. The van der Waals surface area contributed by atoms with Crippen LogP contribution in [0.5, 0.6) is 0 Å². The van der Waals surface area contributed by atoms with Crippen LogP contribution in [-0.2, 0) is 6.42 Å². The highest BCUT2D eigenvalue weighted by molar-refractivity contribution is 5.38. The number of nitrogens with one attached hydrogen (secondary N) is 1. The lowest BCUT2D eigenvalue weighted by molar-refractivity contribution is 0.495. The Kier molecular flexibility index (Phi) is 2.36. The summed E-state index contributed by atoms with van der Waals surface area (Å²) in [4.78, 5) is 0. The molecule has 70 valence electrons. The van der Waals surface area contributed by atoms with Crippen molar-refractivity contribution < 1.29 is 0 Å². The molecule has 1 aliphatic carbocycles. The van der Waals surface area contributed by atoms with Crippen LogP contribution in [0.25, 0.3) is 0 Å². The Bertz CT molecular complexity index is 304. The van der Waals surface area contributed by atoms with E-state index in [0.29, 0.717) is 6.04 Å². The first kappa shape index (κ1) is 8.76. The van der Waals surface area contributed by atoms with Crippen molar-refractivity contribution in [1.82, 2.24) is 5.32 Å². The van der Waals surface area contributed by atoms with Gasteiger partial charge in [-0.25, -0.2) is 0 Å². The van der Waals surface area contributed by atoms with Crippen molar-refractivity contribution in [2.24, 2.45) is 0 Å². The van der Waals surface area contributed by atoms with Crippen LogP contribution in [0.4, 0.5) is 0 Å². The molecule has 0 fully saturated rings. The first-order valence-corrected chi connectivity index (χ1v) is 5.08. The van der Waals surface area contributed by atoms with Gasteiger partial charge in [-0.05, 0) is 49.9 Å². The van der Waals surface area contributed by atoms with E-state index in [1.165, 1.54) is 30.4 Å². The van der Waals surface area contributed by atoms with Gasteiger partial charge in [0.15, 0.2) is 0 Å². The van der Waals surface area contributed by atoms with E-state index in [2.05, 4.69) is 37.5 Å². The second-order valence-corrected chi connectivity index (χ2v) is 3.88. The van der Waals surface area contributed by atoms with Crippen molar-refractivity contribution in [1.29, 1.82) is 0 Å². The Hall–Kier alpha value is -0.820.